The summed E-state index contributed by atoms with van der Waals surface area (Å²) in [7, 11) is 1.65. The summed E-state index contributed by atoms with van der Waals surface area (Å²) in [5.74, 6) is -0.390. The van der Waals surface area contributed by atoms with Crippen LogP contribution in [0.1, 0.15) is 5.56 Å². The first-order chi connectivity index (χ1) is 14.0. The molecule has 0 saturated carbocycles. The van der Waals surface area contributed by atoms with Crippen molar-refractivity contribution < 1.29 is 18.7 Å². The smallest absolute Gasteiger partial charge is 0.270 e. The van der Waals surface area contributed by atoms with E-state index in [4.69, 9.17) is 4.74 Å². The molecule has 1 atom stereocenters. The maximum atomic E-state index is 13.3. The Kier molecular flexibility index (Phi) is 5.12. The monoisotopic (exact) mass is 393 g/mol. The molecule has 0 unspecified atom stereocenters. The molecule has 4 rings (SSSR count). The van der Waals surface area contributed by atoms with E-state index in [1.807, 2.05) is 18.2 Å². The number of carbonyl (C=O) groups is 2. The fourth-order valence-corrected chi connectivity index (χ4v) is 3.41. The highest BCUT2D eigenvalue weighted by atomic mass is 19.1. The lowest BCUT2D eigenvalue weighted by molar-refractivity contribution is -0.124. The molecule has 0 aliphatic carbocycles. The first kappa shape index (κ1) is 18.9. The zero-order valence-corrected chi connectivity index (χ0v) is 15.9. The maximum Gasteiger partial charge on any atom is 0.270 e. The molecule has 7 heteroatoms. The molecule has 2 aliphatic heterocycles. The highest BCUT2D eigenvalue weighted by Gasteiger charge is 2.31. The largest absolute Gasteiger partial charge is 0.489 e. The van der Waals surface area contributed by atoms with Gasteiger partial charge in [0.2, 0.25) is 0 Å². The minimum absolute atomic E-state index is 0.0407. The highest BCUT2D eigenvalue weighted by Crippen LogP contribution is 2.29. The highest BCUT2D eigenvalue weighted by molar-refractivity contribution is 6.44. The predicted molar refractivity (Wildman–Crippen MR) is 108 cm³/mol. The number of nitrogens with one attached hydrogen (secondary N) is 1. The van der Waals surface area contributed by atoms with Crippen LogP contribution in [0.2, 0.25) is 0 Å². The van der Waals surface area contributed by atoms with Gasteiger partial charge in [0.05, 0.1) is 12.2 Å². The predicted octanol–water partition coefficient (Wildman–Crippen LogP) is 2.29. The minimum Gasteiger partial charge on any atom is -0.489 e. The van der Waals surface area contributed by atoms with Crippen molar-refractivity contribution in [3.05, 3.63) is 71.6 Å². The van der Waals surface area contributed by atoms with Crippen LogP contribution in [-0.4, -0.2) is 43.8 Å². The van der Waals surface area contributed by atoms with Crippen molar-refractivity contribution >= 4 is 23.2 Å². The Balaban J connectivity index is 1.42. The maximum absolute atomic E-state index is 13.3. The quantitative estimate of drug-likeness (QED) is 0.867. The molecule has 2 amide bonds. The lowest BCUT2D eigenvalue weighted by atomic mass is 10.1. The normalized spacial score (nSPS) is 18.3. The second-order valence-electron chi connectivity index (χ2n) is 7.01. The van der Waals surface area contributed by atoms with Crippen LogP contribution in [0.3, 0.4) is 0 Å². The molecule has 2 heterocycles. The average molecular weight is 393 g/mol. The van der Waals surface area contributed by atoms with Crippen molar-refractivity contribution in [1.82, 2.24) is 5.32 Å². The number of halogens is 1. The standard InChI is InChI=1S/C22H20FN3O3/c1-26-19-7-2-3-8-20(19)29-13-18(22(26)28)25-21(27)17-11-15(12-24-17)9-14-5-4-6-16(23)10-14/h2-8,10-11,18H,9,12-13H2,1H3,(H,25,27)/t18-/m0/s1. The molecule has 0 aromatic heterocycles. The van der Waals surface area contributed by atoms with E-state index in [2.05, 4.69) is 10.3 Å². The SMILES string of the molecule is CN1C(=O)[C@@H](NC(=O)C2=NCC(Cc3cccc(F)c3)=C2)COc2ccccc21. The van der Waals surface area contributed by atoms with Crippen molar-refractivity contribution in [1.29, 1.82) is 0 Å². The Morgan fingerprint density at radius 1 is 1.28 bits per heavy atom. The first-order valence-electron chi connectivity index (χ1n) is 9.30. The van der Waals surface area contributed by atoms with Crippen LogP contribution >= 0.6 is 0 Å². The number of benzene rings is 2. The number of fused-ring (bicyclic) bond motifs is 1. The van der Waals surface area contributed by atoms with Gasteiger partial charge >= 0.3 is 0 Å². The third-order valence-corrected chi connectivity index (χ3v) is 4.91. The Morgan fingerprint density at radius 2 is 2.10 bits per heavy atom. The van der Waals surface area contributed by atoms with E-state index in [-0.39, 0.29) is 24.0 Å². The molecule has 0 spiro atoms. The van der Waals surface area contributed by atoms with Crippen LogP contribution in [-0.2, 0) is 16.0 Å². The molecule has 1 N–H and O–H groups in total. The molecule has 2 aliphatic rings. The summed E-state index contributed by atoms with van der Waals surface area (Å²) >= 11 is 0. The zero-order chi connectivity index (χ0) is 20.4. The topological polar surface area (TPSA) is 71.0 Å². The number of hydrogen-bond acceptors (Lipinski definition) is 4. The van der Waals surface area contributed by atoms with Gasteiger partial charge in [0.15, 0.2) is 0 Å². The molecule has 6 nitrogen and oxygen atoms in total. The Labute approximate surface area is 167 Å². The molecule has 2 aromatic carbocycles. The third kappa shape index (κ3) is 4.03. The van der Waals surface area contributed by atoms with Gasteiger partial charge in [0.25, 0.3) is 11.8 Å². The summed E-state index contributed by atoms with van der Waals surface area (Å²) in [6, 6.07) is 12.8. The molecule has 0 fully saturated rings. The molecule has 0 bridgehead atoms. The van der Waals surface area contributed by atoms with Crippen LogP contribution in [0.15, 0.2) is 65.2 Å². The van der Waals surface area contributed by atoms with E-state index in [1.165, 1.54) is 17.0 Å². The van der Waals surface area contributed by atoms with Crippen LogP contribution < -0.4 is 15.0 Å². The molecule has 29 heavy (non-hydrogen) atoms. The Hall–Kier alpha value is -3.48. The van der Waals surface area contributed by atoms with Gasteiger partial charge in [-0.2, -0.15) is 0 Å². The second-order valence-corrected chi connectivity index (χ2v) is 7.01. The molecule has 0 saturated heterocycles. The fourth-order valence-electron chi connectivity index (χ4n) is 3.41. The summed E-state index contributed by atoms with van der Waals surface area (Å²) in [5.41, 5.74) is 2.65. The van der Waals surface area contributed by atoms with Crippen molar-refractivity contribution in [2.75, 3.05) is 25.1 Å². The van der Waals surface area contributed by atoms with Crippen molar-refractivity contribution in [2.45, 2.75) is 12.5 Å². The van der Waals surface area contributed by atoms with E-state index in [9.17, 15) is 14.0 Å². The molecule has 2 aromatic rings. The Bertz CT molecular complexity index is 1030. The van der Waals surface area contributed by atoms with E-state index < -0.39 is 11.9 Å². The molecule has 0 radical (unpaired) electrons. The van der Waals surface area contributed by atoms with Gasteiger partial charge in [0, 0.05) is 7.05 Å². The molecule has 148 valence electrons. The summed E-state index contributed by atoms with van der Waals surface area (Å²) in [5, 5.41) is 2.72. The first-order valence-corrected chi connectivity index (χ1v) is 9.30. The summed E-state index contributed by atoms with van der Waals surface area (Å²) in [6.07, 6.45) is 2.21. The lowest BCUT2D eigenvalue weighted by Gasteiger charge is -2.20. The lowest BCUT2D eigenvalue weighted by Crippen LogP contribution is -2.50. The fraction of sp³-hybridized carbons (Fsp3) is 0.227. The number of likely N-dealkylation sites (N-methyl/N-ethyl adjacent to an activating group) is 1. The van der Waals surface area contributed by atoms with Crippen LogP contribution in [0.4, 0.5) is 10.1 Å². The second kappa shape index (κ2) is 7.87. The minimum atomic E-state index is -0.816. The van der Waals surface area contributed by atoms with Gasteiger partial charge in [-0.3, -0.25) is 14.6 Å². The number of carbonyl (C=O) groups excluding carboxylic acids is 2. The number of amides is 2. The summed E-state index contributed by atoms with van der Waals surface area (Å²) in [4.78, 5) is 31.1. The van der Waals surface area contributed by atoms with E-state index in [0.717, 1.165) is 11.1 Å². The van der Waals surface area contributed by atoms with Crippen LogP contribution in [0.5, 0.6) is 5.75 Å². The van der Waals surface area contributed by atoms with Gasteiger partial charge in [-0.05, 0) is 47.9 Å². The number of hydrogen-bond donors (Lipinski definition) is 1. The number of para-hydroxylation sites is 2. The number of anilines is 1. The van der Waals surface area contributed by atoms with Crippen molar-refractivity contribution in [3.8, 4) is 5.75 Å². The van der Waals surface area contributed by atoms with Gasteiger partial charge in [-0.15, -0.1) is 0 Å². The van der Waals surface area contributed by atoms with Gasteiger partial charge in [0.1, 0.15) is 29.9 Å². The molecular formula is C22H20FN3O3. The zero-order valence-electron chi connectivity index (χ0n) is 15.9. The van der Waals surface area contributed by atoms with Crippen molar-refractivity contribution in [3.63, 3.8) is 0 Å². The van der Waals surface area contributed by atoms with Gasteiger partial charge in [-0.1, -0.05) is 24.3 Å². The van der Waals surface area contributed by atoms with Crippen LogP contribution in [0, 0.1) is 5.82 Å². The molecular weight excluding hydrogens is 373 g/mol. The third-order valence-electron chi connectivity index (χ3n) is 4.91. The van der Waals surface area contributed by atoms with Crippen molar-refractivity contribution in [2.24, 2.45) is 4.99 Å². The van der Waals surface area contributed by atoms with Gasteiger partial charge in [-0.25, -0.2) is 4.39 Å². The number of nitrogens with zero attached hydrogens (tertiary/aromatic N) is 2. The summed E-state index contributed by atoms with van der Waals surface area (Å²) in [6.45, 7) is 0.415. The number of ether oxygens (including phenoxy) is 1. The summed E-state index contributed by atoms with van der Waals surface area (Å²) < 4.78 is 19.1. The van der Waals surface area contributed by atoms with Crippen LogP contribution in [0.25, 0.3) is 0 Å². The van der Waals surface area contributed by atoms with Gasteiger partial charge < -0.3 is 15.0 Å². The van der Waals surface area contributed by atoms with E-state index in [1.54, 1.807) is 31.3 Å². The number of rotatable bonds is 4. The number of aliphatic imine (C=N–C) groups is 1. The Morgan fingerprint density at radius 3 is 2.93 bits per heavy atom. The van der Waals surface area contributed by atoms with E-state index >= 15 is 0 Å². The van der Waals surface area contributed by atoms with E-state index in [0.29, 0.717) is 24.4 Å². The average Bonchev–Trinajstić information content (AvgIpc) is 3.14.